The zero-order valence-corrected chi connectivity index (χ0v) is 22.9. The van der Waals surface area contributed by atoms with Crippen molar-refractivity contribution in [1.82, 2.24) is 15.1 Å². The number of halogens is 4. The average Bonchev–Trinajstić information content (AvgIpc) is 2.88. The van der Waals surface area contributed by atoms with E-state index < -0.39 is 24.3 Å². The normalized spacial score (nSPS) is 20.6. The molecule has 214 valence electrons. The van der Waals surface area contributed by atoms with Crippen LogP contribution in [0.5, 0.6) is 5.75 Å². The molecule has 0 aliphatic carbocycles. The molecule has 9 heteroatoms. The zero-order valence-electron chi connectivity index (χ0n) is 22.9. The lowest BCUT2D eigenvalue weighted by atomic mass is 9.82. The van der Waals surface area contributed by atoms with Crippen molar-refractivity contribution >= 4 is 5.91 Å². The summed E-state index contributed by atoms with van der Waals surface area (Å²) in [5, 5.41) is 3.35. The number of amides is 1. The van der Waals surface area contributed by atoms with Crippen molar-refractivity contribution < 1.29 is 27.1 Å². The Kier molecular flexibility index (Phi) is 9.21. The van der Waals surface area contributed by atoms with Crippen molar-refractivity contribution in [2.45, 2.75) is 58.3 Å². The van der Waals surface area contributed by atoms with Crippen LogP contribution in [0.3, 0.4) is 0 Å². The van der Waals surface area contributed by atoms with Crippen LogP contribution in [0, 0.1) is 17.2 Å². The molecule has 0 radical (unpaired) electrons. The van der Waals surface area contributed by atoms with Crippen molar-refractivity contribution in [1.29, 1.82) is 0 Å². The Morgan fingerprint density at radius 3 is 2.33 bits per heavy atom. The molecular formula is C30H39F4N3O2. The Hall–Kier alpha value is -2.65. The molecule has 5 nitrogen and oxygen atoms in total. The first-order valence-corrected chi connectivity index (χ1v) is 13.7. The van der Waals surface area contributed by atoms with Crippen molar-refractivity contribution in [2.24, 2.45) is 11.3 Å². The van der Waals surface area contributed by atoms with Gasteiger partial charge in [-0.25, -0.2) is 4.39 Å². The summed E-state index contributed by atoms with van der Waals surface area (Å²) in [5.41, 5.74) is 1.38. The molecule has 39 heavy (non-hydrogen) atoms. The second-order valence-electron chi connectivity index (χ2n) is 11.8. The van der Waals surface area contributed by atoms with E-state index in [1.807, 2.05) is 35.2 Å². The maximum absolute atomic E-state index is 15.0. The number of piperidine rings is 1. The van der Waals surface area contributed by atoms with Gasteiger partial charge < -0.3 is 15.0 Å². The third-order valence-electron chi connectivity index (χ3n) is 7.80. The summed E-state index contributed by atoms with van der Waals surface area (Å²) < 4.78 is 57.5. The highest BCUT2D eigenvalue weighted by atomic mass is 19.4. The fraction of sp³-hybridized carbons (Fsp3) is 0.567. The fourth-order valence-corrected chi connectivity index (χ4v) is 5.74. The molecule has 2 fully saturated rings. The molecule has 0 aromatic heterocycles. The van der Waals surface area contributed by atoms with Gasteiger partial charge in [0, 0.05) is 32.1 Å². The molecule has 1 amide bonds. The van der Waals surface area contributed by atoms with Gasteiger partial charge in [-0.3, -0.25) is 9.69 Å². The number of nitrogens with zero attached hydrogens (tertiary/aromatic N) is 2. The van der Waals surface area contributed by atoms with Crippen LogP contribution < -0.4 is 10.1 Å². The highest BCUT2D eigenvalue weighted by Crippen LogP contribution is 2.37. The average molecular weight is 550 g/mol. The van der Waals surface area contributed by atoms with Gasteiger partial charge >= 0.3 is 6.18 Å². The monoisotopic (exact) mass is 549 g/mol. The third kappa shape index (κ3) is 7.72. The van der Waals surface area contributed by atoms with Gasteiger partial charge in [-0.05, 0) is 60.5 Å². The van der Waals surface area contributed by atoms with Crippen LogP contribution in [0.25, 0.3) is 0 Å². The van der Waals surface area contributed by atoms with E-state index in [4.69, 9.17) is 0 Å². The van der Waals surface area contributed by atoms with Crippen LogP contribution in [-0.4, -0.2) is 67.3 Å². The number of benzene rings is 2. The van der Waals surface area contributed by atoms with Crippen molar-refractivity contribution in [3.63, 3.8) is 0 Å². The predicted octanol–water partition coefficient (Wildman–Crippen LogP) is 5.80. The summed E-state index contributed by atoms with van der Waals surface area (Å²) in [7, 11) is 0. The quantitative estimate of drug-likeness (QED) is 0.443. The number of rotatable bonds is 7. The first-order chi connectivity index (χ1) is 18.4. The van der Waals surface area contributed by atoms with E-state index in [2.05, 4.69) is 35.7 Å². The number of ether oxygens (including phenoxy) is 1. The molecule has 1 N–H and O–H groups in total. The van der Waals surface area contributed by atoms with Crippen LogP contribution in [0.4, 0.5) is 17.6 Å². The lowest BCUT2D eigenvalue weighted by Crippen LogP contribution is -2.60. The summed E-state index contributed by atoms with van der Waals surface area (Å²) in [6, 6.07) is 13.5. The van der Waals surface area contributed by atoms with E-state index in [-0.39, 0.29) is 23.4 Å². The molecule has 0 saturated carbocycles. The SMILES string of the molecule is CC(C)(C)[C@H]1CN(C(c2ccccc2)c2ccc(OCC(F)(F)F)c(F)c2)CCN1C(=O)CC1CCNCC1. The number of hydrogen-bond donors (Lipinski definition) is 1. The van der Waals surface area contributed by atoms with Crippen LogP contribution in [-0.2, 0) is 4.79 Å². The summed E-state index contributed by atoms with van der Waals surface area (Å²) in [6.45, 7) is 8.50. The molecule has 2 atom stereocenters. The second kappa shape index (κ2) is 12.3. The molecule has 1 unspecified atom stereocenters. The van der Waals surface area contributed by atoms with Gasteiger partial charge in [0.2, 0.25) is 5.91 Å². The summed E-state index contributed by atoms with van der Waals surface area (Å²) >= 11 is 0. The molecule has 0 spiro atoms. The van der Waals surface area contributed by atoms with E-state index in [1.54, 1.807) is 6.07 Å². The second-order valence-corrected chi connectivity index (χ2v) is 11.8. The van der Waals surface area contributed by atoms with Gasteiger partial charge in [-0.1, -0.05) is 57.2 Å². The highest BCUT2D eigenvalue weighted by molar-refractivity contribution is 5.77. The molecule has 2 saturated heterocycles. The number of carbonyl (C=O) groups is 1. The summed E-state index contributed by atoms with van der Waals surface area (Å²) in [6.07, 6.45) is -1.97. The van der Waals surface area contributed by atoms with E-state index in [0.29, 0.717) is 37.5 Å². The summed E-state index contributed by atoms with van der Waals surface area (Å²) in [4.78, 5) is 17.8. The van der Waals surface area contributed by atoms with E-state index in [0.717, 1.165) is 31.5 Å². The van der Waals surface area contributed by atoms with Gasteiger partial charge in [0.1, 0.15) is 0 Å². The Bertz CT molecular complexity index is 1100. The number of piperazine rings is 1. The van der Waals surface area contributed by atoms with Crippen molar-refractivity contribution in [3.8, 4) is 5.75 Å². The smallest absolute Gasteiger partial charge is 0.422 e. The summed E-state index contributed by atoms with van der Waals surface area (Å²) in [5.74, 6) is -0.671. The van der Waals surface area contributed by atoms with E-state index >= 15 is 0 Å². The van der Waals surface area contributed by atoms with Gasteiger partial charge in [0.15, 0.2) is 18.2 Å². The van der Waals surface area contributed by atoms with Gasteiger partial charge in [0.05, 0.1) is 6.04 Å². The topological polar surface area (TPSA) is 44.8 Å². The van der Waals surface area contributed by atoms with Gasteiger partial charge in [0.25, 0.3) is 0 Å². The molecule has 2 aromatic rings. The number of alkyl halides is 3. The minimum Gasteiger partial charge on any atom is -0.481 e. The van der Waals surface area contributed by atoms with Crippen LogP contribution in [0.2, 0.25) is 0 Å². The van der Waals surface area contributed by atoms with Crippen molar-refractivity contribution in [2.75, 3.05) is 39.3 Å². The standard InChI is InChI=1S/C30H39F4N3O2/c1-29(2,3)26-19-36(15-16-37(26)27(38)17-21-11-13-35-14-12-21)28(22-7-5-4-6-8-22)23-9-10-25(24(31)18-23)39-20-30(32,33)34/h4-10,18,21,26,28,35H,11-17,19-20H2,1-3H3/t26-,28?/m1/s1. The lowest BCUT2D eigenvalue weighted by Gasteiger charge is -2.49. The molecule has 2 aliphatic heterocycles. The number of carbonyl (C=O) groups excluding carboxylic acids is 1. The largest absolute Gasteiger partial charge is 0.481 e. The Balaban J connectivity index is 1.59. The fourth-order valence-electron chi connectivity index (χ4n) is 5.74. The molecule has 4 rings (SSSR count). The molecule has 2 aromatic carbocycles. The zero-order chi connectivity index (χ0) is 28.2. The third-order valence-corrected chi connectivity index (χ3v) is 7.80. The Labute approximate surface area is 228 Å². The minimum absolute atomic E-state index is 0.0501. The van der Waals surface area contributed by atoms with Gasteiger partial charge in [-0.15, -0.1) is 0 Å². The molecular weight excluding hydrogens is 510 g/mol. The first kappa shape index (κ1) is 29.3. The van der Waals surface area contributed by atoms with E-state index in [9.17, 15) is 22.4 Å². The van der Waals surface area contributed by atoms with Crippen molar-refractivity contribution in [3.05, 3.63) is 65.5 Å². The van der Waals surface area contributed by atoms with Crippen LogP contribution >= 0.6 is 0 Å². The number of hydrogen-bond acceptors (Lipinski definition) is 4. The predicted molar refractivity (Wildman–Crippen MR) is 143 cm³/mol. The lowest BCUT2D eigenvalue weighted by molar-refractivity contribution is -0.153. The van der Waals surface area contributed by atoms with E-state index in [1.165, 1.54) is 12.1 Å². The van der Waals surface area contributed by atoms with Gasteiger partial charge in [-0.2, -0.15) is 13.2 Å². The number of nitrogens with one attached hydrogen (secondary N) is 1. The Morgan fingerprint density at radius 1 is 1.03 bits per heavy atom. The highest BCUT2D eigenvalue weighted by Gasteiger charge is 2.40. The maximum atomic E-state index is 15.0. The molecule has 2 heterocycles. The molecule has 2 aliphatic rings. The minimum atomic E-state index is -4.55. The maximum Gasteiger partial charge on any atom is 0.422 e. The first-order valence-electron chi connectivity index (χ1n) is 13.7. The Morgan fingerprint density at radius 2 is 1.72 bits per heavy atom. The van der Waals surface area contributed by atoms with Crippen LogP contribution in [0.15, 0.2) is 48.5 Å². The molecule has 0 bridgehead atoms. The van der Waals surface area contributed by atoms with Crippen LogP contribution in [0.1, 0.15) is 57.2 Å².